The number of carbonyl (C=O) groups excluding carboxylic acids is 1. The van der Waals surface area contributed by atoms with Crippen LogP contribution in [0.2, 0.25) is 0 Å². The van der Waals surface area contributed by atoms with Crippen LogP contribution in [0.1, 0.15) is 36.0 Å². The van der Waals surface area contributed by atoms with E-state index >= 15 is 0 Å². The molecule has 0 saturated carbocycles. The molecule has 0 aliphatic heterocycles. The summed E-state index contributed by atoms with van der Waals surface area (Å²) in [5.74, 6) is 1.51. The average Bonchev–Trinajstić information content (AvgIpc) is 3.41. The Labute approximate surface area is 226 Å². The molecule has 1 heterocycles. The van der Waals surface area contributed by atoms with Crippen molar-refractivity contribution in [1.82, 2.24) is 20.1 Å². The van der Waals surface area contributed by atoms with Gasteiger partial charge in [0.2, 0.25) is 5.91 Å². The quantitative estimate of drug-likeness (QED) is 0.216. The van der Waals surface area contributed by atoms with E-state index in [4.69, 9.17) is 4.74 Å². The normalized spacial score (nSPS) is 11.7. The van der Waals surface area contributed by atoms with Crippen LogP contribution in [0, 0.1) is 0 Å². The van der Waals surface area contributed by atoms with Gasteiger partial charge in [0.05, 0.1) is 11.8 Å². The summed E-state index contributed by atoms with van der Waals surface area (Å²) in [7, 11) is 0. The number of thioether (sulfide) groups is 1. The van der Waals surface area contributed by atoms with Gasteiger partial charge in [0.15, 0.2) is 17.1 Å². The zero-order valence-corrected chi connectivity index (χ0v) is 21.8. The Morgan fingerprint density at radius 1 is 0.789 bits per heavy atom. The van der Waals surface area contributed by atoms with Crippen LogP contribution in [0.15, 0.2) is 126 Å². The standard InChI is InChI=1S/C31H28N4O2S/c1-23(37-27-20-12-5-13-21-27)30-33-34-31(35(30)26-18-10-4-11-19-26)38-22-28(36)32-29(24-14-6-2-7-15-24)25-16-8-3-9-17-25/h2-21,23,29H,22H2,1H3,(H,32,36)/t23-/m0/s1. The number of ether oxygens (including phenoxy) is 1. The highest BCUT2D eigenvalue weighted by atomic mass is 32.2. The fraction of sp³-hybridized carbons (Fsp3) is 0.129. The topological polar surface area (TPSA) is 69.0 Å². The zero-order valence-electron chi connectivity index (χ0n) is 21.0. The van der Waals surface area contributed by atoms with Crippen LogP contribution in [-0.4, -0.2) is 26.4 Å². The van der Waals surface area contributed by atoms with Crippen LogP contribution in [0.3, 0.4) is 0 Å². The van der Waals surface area contributed by atoms with E-state index in [0.717, 1.165) is 22.6 Å². The molecular weight excluding hydrogens is 492 g/mol. The van der Waals surface area contributed by atoms with E-state index < -0.39 is 0 Å². The molecule has 5 aromatic rings. The van der Waals surface area contributed by atoms with Crippen LogP contribution >= 0.6 is 11.8 Å². The molecule has 1 atom stereocenters. The third-order valence-corrected chi connectivity index (χ3v) is 6.92. The van der Waals surface area contributed by atoms with Crippen molar-refractivity contribution in [3.05, 3.63) is 138 Å². The molecule has 1 aromatic heterocycles. The van der Waals surface area contributed by atoms with Crippen molar-refractivity contribution in [3.8, 4) is 11.4 Å². The first-order valence-electron chi connectivity index (χ1n) is 12.4. The van der Waals surface area contributed by atoms with Gasteiger partial charge in [0, 0.05) is 5.69 Å². The summed E-state index contributed by atoms with van der Waals surface area (Å²) in [5, 5.41) is 12.7. The Balaban J connectivity index is 1.35. The third kappa shape index (κ3) is 6.12. The number of nitrogens with zero attached hydrogens (tertiary/aromatic N) is 3. The monoisotopic (exact) mass is 520 g/mol. The van der Waals surface area contributed by atoms with Gasteiger partial charge in [-0.3, -0.25) is 9.36 Å². The van der Waals surface area contributed by atoms with Gasteiger partial charge in [-0.1, -0.05) is 109 Å². The fourth-order valence-electron chi connectivity index (χ4n) is 4.20. The van der Waals surface area contributed by atoms with Crippen LogP contribution in [-0.2, 0) is 4.79 Å². The molecule has 0 unspecified atom stereocenters. The fourth-order valence-corrected chi connectivity index (χ4v) is 4.97. The SMILES string of the molecule is C[C@H](Oc1ccccc1)c1nnc(SCC(=O)NC(c2ccccc2)c2ccccc2)n1-c1ccccc1. The average molecular weight is 521 g/mol. The first-order valence-corrected chi connectivity index (χ1v) is 13.4. The summed E-state index contributed by atoms with van der Waals surface area (Å²) >= 11 is 1.35. The molecular formula is C31H28N4O2S. The van der Waals surface area contributed by atoms with Gasteiger partial charge in [-0.25, -0.2) is 0 Å². The van der Waals surface area contributed by atoms with Gasteiger partial charge in [0.1, 0.15) is 5.75 Å². The maximum atomic E-state index is 13.2. The smallest absolute Gasteiger partial charge is 0.231 e. The first-order chi connectivity index (χ1) is 18.7. The van der Waals surface area contributed by atoms with Gasteiger partial charge in [-0.2, -0.15) is 0 Å². The molecule has 0 bridgehead atoms. The second kappa shape index (κ2) is 12.3. The van der Waals surface area contributed by atoms with E-state index in [1.54, 1.807) is 0 Å². The molecule has 5 rings (SSSR count). The number of para-hydroxylation sites is 2. The predicted molar refractivity (Wildman–Crippen MR) is 150 cm³/mol. The second-order valence-corrected chi connectivity index (χ2v) is 9.64. The number of nitrogens with one attached hydrogen (secondary N) is 1. The Hall–Kier alpha value is -4.36. The highest BCUT2D eigenvalue weighted by molar-refractivity contribution is 7.99. The zero-order chi connectivity index (χ0) is 26.2. The largest absolute Gasteiger partial charge is 0.483 e. The van der Waals surface area contributed by atoms with E-state index in [-0.39, 0.29) is 23.8 Å². The minimum absolute atomic E-state index is 0.0922. The van der Waals surface area contributed by atoms with Gasteiger partial charge in [-0.05, 0) is 42.3 Å². The molecule has 7 heteroatoms. The van der Waals surface area contributed by atoms with E-state index in [1.807, 2.05) is 133 Å². The van der Waals surface area contributed by atoms with Crippen molar-refractivity contribution in [2.45, 2.75) is 24.2 Å². The lowest BCUT2D eigenvalue weighted by molar-refractivity contribution is -0.119. The predicted octanol–water partition coefficient (Wildman–Crippen LogP) is 6.41. The maximum absolute atomic E-state index is 13.2. The number of amides is 1. The summed E-state index contributed by atoms with van der Waals surface area (Å²) < 4.78 is 8.10. The summed E-state index contributed by atoms with van der Waals surface area (Å²) in [6, 6.07) is 39.2. The van der Waals surface area contributed by atoms with Crippen molar-refractivity contribution < 1.29 is 9.53 Å². The molecule has 190 valence electrons. The summed E-state index contributed by atoms with van der Waals surface area (Å²) in [4.78, 5) is 13.2. The van der Waals surface area contributed by atoms with Crippen LogP contribution in [0.25, 0.3) is 5.69 Å². The summed E-state index contributed by atoms with van der Waals surface area (Å²) in [6.07, 6.45) is -0.353. The Bertz CT molecular complexity index is 1410. The van der Waals surface area contributed by atoms with Crippen molar-refractivity contribution in [1.29, 1.82) is 0 Å². The van der Waals surface area contributed by atoms with E-state index in [0.29, 0.717) is 11.0 Å². The highest BCUT2D eigenvalue weighted by Crippen LogP contribution is 2.28. The van der Waals surface area contributed by atoms with Crippen LogP contribution < -0.4 is 10.1 Å². The minimum atomic E-state index is -0.353. The molecule has 0 aliphatic rings. The molecule has 1 amide bonds. The van der Waals surface area contributed by atoms with Crippen molar-refractivity contribution >= 4 is 17.7 Å². The van der Waals surface area contributed by atoms with Crippen molar-refractivity contribution in [2.75, 3.05) is 5.75 Å². The second-order valence-electron chi connectivity index (χ2n) is 8.70. The Morgan fingerprint density at radius 3 is 1.89 bits per heavy atom. The Kier molecular flexibility index (Phi) is 8.16. The number of aromatic nitrogens is 3. The number of carbonyl (C=O) groups is 1. The van der Waals surface area contributed by atoms with E-state index in [1.165, 1.54) is 11.8 Å². The molecule has 0 fully saturated rings. The Morgan fingerprint density at radius 2 is 1.32 bits per heavy atom. The first kappa shape index (κ1) is 25.3. The lowest BCUT2D eigenvalue weighted by Gasteiger charge is -2.20. The van der Waals surface area contributed by atoms with E-state index in [2.05, 4.69) is 15.5 Å². The summed E-state index contributed by atoms with van der Waals surface area (Å²) in [6.45, 7) is 1.95. The molecule has 4 aromatic carbocycles. The van der Waals surface area contributed by atoms with Gasteiger partial charge in [-0.15, -0.1) is 10.2 Å². The minimum Gasteiger partial charge on any atom is -0.483 e. The molecule has 0 radical (unpaired) electrons. The van der Waals surface area contributed by atoms with E-state index in [9.17, 15) is 4.79 Å². The van der Waals surface area contributed by atoms with Crippen LogP contribution in [0.4, 0.5) is 0 Å². The maximum Gasteiger partial charge on any atom is 0.231 e. The number of hydrogen-bond donors (Lipinski definition) is 1. The number of benzene rings is 4. The molecule has 0 aliphatic carbocycles. The third-order valence-electron chi connectivity index (χ3n) is 6.00. The number of rotatable bonds is 10. The molecule has 1 N–H and O–H groups in total. The van der Waals surface area contributed by atoms with Gasteiger partial charge < -0.3 is 10.1 Å². The molecule has 6 nitrogen and oxygen atoms in total. The summed E-state index contributed by atoms with van der Waals surface area (Å²) in [5.41, 5.74) is 2.96. The molecule has 0 spiro atoms. The lowest BCUT2D eigenvalue weighted by Crippen LogP contribution is -2.30. The van der Waals surface area contributed by atoms with Crippen molar-refractivity contribution in [2.24, 2.45) is 0 Å². The van der Waals surface area contributed by atoms with Gasteiger partial charge in [0.25, 0.3) is 0 Å². The number of hydrogen-bond acceptors (Lipinski definition) is 5. The van der Waals surface area contributed by atoms with Crippen LogP contribution in [0.5, 0.6) is 5.75 Å². The molecule has 0 saturated heterocycles. The van der Waals surface area contributed by atoms with Crippen molar-refractivity contribution in [3.63, 3.8) is 0 Å². The molecule has 38 heavy (non-hydrogen) atoms. The lowest BCUT2D eigenvalue weighted by atomic mass is 9.99. The highest BCUT2D eigenvalue weighted by Gasteiger charge is 2.22. The van der Waals surface area contributed by atoms with Gasteiger partial charge >= 0.3 is 0 Å².